The second-order valence-electron chi connectivity index (χ2n) is 6.93. The number of rotatable bonds is 8. The summed E-state index contributed by atoms with van der Waals surface area (Å²) in [5, 5.41) is 3.13. The highest BCUT2D eigenvalue weighted by molar-refractivity contribution is 5.71. The zero-order chi connectivity index (χ0) is 20.8. The van der Waals surface area contributed by atoms with Crippen LogP contribution < -0.4 is 10.1 Å². The van der Waals surface area contributed by atoms with E-state index in [2.05, 4.69) is 15.0 Å². The molecule has 0 spiro atoms. The monoisotopic (exact) mass is 394 g/mol. The van der Waals surface area contributed by atoms with E-state index in [0.29, 0.717) is 12.5 Å². The average molecular weight is 394 g/mol. The largest absolute Gasteiger partial charge is 0.487 e. The van der Waals surface area contributed by atoms with Gasteiger partial charge in [-0.05, 0) is 50.6 Å². The molecule has 0 aliphatic rings. The number of carbonyl (C=O) groups excluding carboxylic acids is 1. The van der Waals surface area contributed by atoms with Crippen LogP contribution in [0.4, 0.5) is 0 Å². The Balaban J connectivity index is 1.64. The Morgan fingerprint density at radius 1 is 1.17 bits per heavy atom. The van der Waals surface area contributed by atoms with E-state index in [9.17, 15) is 4.79 Å². The predicted molar refractivity (Wildman–Crippen MR) is 111 cm³/mol. The number of aryl methyl sites for hydroxylation is 2. The Bertz CT molecular complexity index is 963. The van der Waals surface area contributed by atoms with Crippen molar-refractivity contribution in [1.29, 1.82) is 0 Å². The number of oxazole rings is 1. The Labute approximate surface area is 170 Å². The lowest BCUT2D eigenvalue weighted by atomic mass is 10.1. The van der Waals surface area contributed by atoms with Crippen LogP contribution in [0.25, 0.3) is 11.5 Å². The van der Waals surface area contributed by atoms with Gasteiger partial charge in [-0.2, -0.15) is 0 Å². The molecule has 1 heterocycles. The van der Waals surface area contributed by atoms with E-state index in [4.69, 9.17) is 9.15 Å². The molecule has 0 fully saturated rings. The number of nitrogens with zero attached hydrogens (tertiary/aromatic N) is 1. The van der Waals surface area contributed by atoms with Crippen LogP contribution >= 0.6 is 0 Å². The van der Waals surface area contributed by atoms with Crippen molar-refractivity contribution in [2.45, 2.75) is 33.4 Å². The van der Waals surface area contributed by atoms with E-state index < -0.39 is 0 Å². The molecule has 6 nitrogen and oxygen atoms in total. The fourth-order valence-corrected chi connectivity index (χ4v) is 2.83. The molecule has 3 aromatic rings. The second kappa shape index (κ2) is 9.39. The molecular weight excluding hydrogens is 368 g/mol. The van der Waals surface area contributed by atoms with Gasteiger partial charge < -0.3 is 19.2 Å². The highest BCUT2D eigenvalue weighted by atomic mass is 16.5. The van der Waals surface area contributed by atoms with Crippen molar-refractivity contribution in [3.05, 3.63) is 71.1 Å². The van der Waals surface area contributed by atoms with Crippen molar-refractivity contribution in [3.8, 4) is 17.2 Å². The third-order valence-corrected chi connectivity index (χ3v) is 4.71. The molecule has 2 aromatic carbocycles. The second-order valence-corrected chi connectivity index (χ2v) is 6.93. The number of hydrogen-bond donors (Lipinski definition) is 1. The predicted octanol–water partition coefficient (Wildman–Crippen LogP) is 4.36. The molecule has 1 N–H and O–H groups in total. The van der Waals surface area contributed by atoms with Crippen LogP contribution in [0.2, 0.25) is 0 Å². The zero-order valence-corrected chi connectivity index (χ0v) is 17.2. The molecule has 0 radical (unpaired) electrons. The van der Waals surface area contributed by atoms with Crippen LogP contribution in [0.15, 0.2) is 52.9 Å². The summed E-state index contributed by atoms with van der Waals surface area (Å²) in [4.78, 5) is 15.9. The van der Waals surface area contributed by atoms with E-state index in [1.165, 1.54) is 12.7 Å². The lowest BCUT2D eigenvalue weighted by Gasteiger charge is -2.14. The van der Waals surface area contributed by atoms with Gasteiger partial charge in [-0.25, -0.2) is 4.98 Å². The van der Waals surface area contributed by atoms with E-state index in [1.54, 1.807) is 0 Å². The minimum absolute atomic E-state index is 0.0143. The molecule has 29 heavy (non-hydrogen) atoms. The molecule has 0 saturated carbocycles. The molecule has 0 amide bonds. The molecular formula is C23H26N2O4. The van der Waals surface area contributed by atoms with Crippen LogP contribution in [0.5, 0.6) is 5.75 Å². The summed E-state index contributed by atoms with van der Waals surface area (Å²) in [7, 11) is 1.37. The Morgan fingerprint density at radius 3 is 2.66 bits per heavy atom. The van der Waals surface area contributed by atoms with E-state index in [0.717, 1.165) is 28.3 Å². The first kappa shape index (κ1) is 20.6. The first-order valence-corrected chi connectivity index (χ1v) is 9.52. The Kier molecular flexibility index (Phi) is 6.67. The van der Waals surface area contributed by atoms with Gasteiger partial charge in [0.05, 0.1) is 13.7 Å². The van der Waals surface area contributed by atoms with Gasteiger partial charge in [0.15, 0.2) is 0 Å². The summed E-state index contributed by atoms with van der Waals surface area (Å²) < 4.78 is 16.4. The lowest BCUT2D eigenvalue weighted by molar-refractivity contribution is -0.139. The molecule has 1 unspecified atom stereocenters. The summed E-state index contributed by atoms with van der Waals surface area (Å²) >= 11 is 0. The summed E-state index contributed by atoms with van der Waals surface area (Å²) in [5.41, 5.74) is 3.92. The first-order chi connectivity index (χ1) is 14.0. The van der Waals surface area contributed by atoms with Crippen molar-refractivity contribution in [3.63, 3.8) is 0 Å². The molecule has 0 aliphatic carbocycles. The number of nitrogens with one attached hydrogen (secondary N) is 1. The molecule has 6 heteroatoms. The van der Waals surface area contributed by atoms with Crippen molar-refractivity contribution in [2.75, 3.05) is 13.7 Å². The summed E-state index contributed by atoms with van der Waals surface area (Å²) in [5.74, 6) is 1.77. The standard InChI is InChI=1S/C23H26N2O4/c1-15-8-10-18(11-9-15)23-25-21(17(3)29-23)14-28-20-7-5-6-19(12-20)16(2)24-13-22(26)27-4/h5-12,16,24H,13-14H2,1-4H3. The number of ether oxygens (including phenoxy) is 2. The van der Waals surface area contributed by atoms with Crippen molar-refractivity contribution < 1.29 is 18.7 Å². The van der Waals surface area contributed by atoms with Crippen LogP contribution in [0.1, 0.15) is 35.5 Å². The van der Waals surface area contributed by atoms with E-state index >= 15 is 0 Å². The SMILES string of the molecule is COC(=O)CNC(C)c1cccc(OCc2nc(-c3ccc(C)cc3)oc2C)c1. The van der Waals surface area contributed by atoms with Crippen LogP contribution in [0.3, 0.4) is 0 Å². The van der Waals surface area contributed by atoms with Gasteiger partial charge >= 0.3 is 5.97 Å². The van der Waals surface area contributed by atoms with Crippen molar-refractivity contribution in [2.24, 2.45) is 0 Å². The lowest BCUT2D eigenvalue weighted by Crippen LogP contribution is -2.26. The average Bonchev–Trinajstić information content (AvgIpc) is 3.11. The quantitative estimate of drug-likeness (QED) is 0.572. The van der Waals surface area contributed by atoms with Gasteiger partial charge in [-0.15, -0.1) is 0 Å². The minimum Gasteiger partial charge on any atom is -0.487 e. The van der Waals surface area contributed by atoms with Crippen LogP contribution in [-0.2, 0) is 16.1 Å². The summed E-state index contributed by atoms with van der Waals surface area (Å²) in [6.45, 7) is 6.39. The maximum absolute atomic E-state index is 11.3. The number of aromatic nitrogens is 1. The highest BCUT2D eigenvalue weighted by Gasteiger charge is 2.13. The summed E-state index contributed by atoms with van der Waals surface area (Å²) in [6.07, 6.45) is 0. The molecule has 1 aromatic heterocycles. The molecule has 0 saturated heterocycles. The number of carbonyl (C=O) groups is 1. The third-order valence-electron chi connectivity index (χ3n) is 4.71. The number of benzene rings is 2. The van der Waals surface area contributed by atoms with Crippen LogP contribution in [-0.4, -0.2) is 24.6 Å². The topological polar surface area (TPSA) is 73.6 Å². The number of methoxy groups -OCH3 is 1. The summed E-state index contributed by atoms with van der Waals surface area (Å²) in [6, 6.07) is 15.8. The van der Waals surface area contributed by atoms with Gasteiger partial charge in [0.25, 0.3) is 0 Å². The molecule has 3 rings (SSSR count). The van der Waals surface area contributed by atoms with Gasteiger partial charge in [-0.3, -0.25) is 4.79 Å². The molecule has 152 valence electrons. The molecule has 1 atom stereocenters. The third kappa shape index (κ3) is 5.45. The van der Waals surface area contributed by atoms with Crippen LogP contribution in [0, 0.1) is 13.8 Å². The number of esters is 1. The fourth-order valence-electron chi connectivity index (χ4n) is 2.83. The minimum atomic E-state index is -0.296. The maximum atomic E-state index is 11.3. The van der Waals surface area contributed by atoms with E-state index in [1.807, 2.05) is 69.3 Å². The zero-order valence-electron chi connectivity index (χ0n) is 17.2. The Morgan fingerprint density at radius 2 is 1.93 bits per heavy atom. The maximum Gasteiger partial charge on any atom is 0.319 e. The first-order valence-electron chi connectivity index (χ1n) is 9.52. The highest BCUT2D eigenvalue weighted by Crippen LogP contribution is 2.24. The fraction of sp³-hybridized carbons (Fsp3) is 0.304. The normalized spacial score (nSPS) is 11.9. The Hall–Kier alpha value is -3.12. The van der Waals surface area contributed by atoms with Gasteiger partial charge in [0.2, 0.25) is 5.89 Å². The van der Waals surface area contributed by atoms with Crippen molar-refractivity contribution >= 4 is 5.97 Å². The van der Waals surface area contributed by atoms with Gasteiger partial charge in [0.1, 0.15) is 23.8 Å². The van der Waals surface area contributed by atoms with Gasteiger partial charge in [0, 0.05) is 11.6 Å². The van der Waals surface area contributed by atoms with Crippen molar-refractivity contribution in [1.82, 2.24) is 10.3 Å². The van der Waals surface area contributed by atoms with Gasteiger partial charge in [-0.1, -0.05) is 29.8 Å². The number of hydrogen-bond acceptors (Lipinski definition) is 6. The smallest absolute Gasteiger partial charge is 0.319 e. The molecule has 0 aliphatic heterocycles. The molecule has 0 bridgehead atoms. The van der Waals surface area contributed by atoms with E-state index in [-0.39, 0.29) is 18.6 Å².